The number of rotatable bonds is 2. The van der Waals surface area contributed by atoms with Crippen LogP contribution in [0, 0.1) is 6.92 Å². The van der Waals surface area contributed by atoms with Crippen LogP contribution in [0.25, 0.3) is 16.9 Å². The first-order valence-electron chi connectivity index (χ1n) is 6.05. The van der Waals surface area contributed by atoms with Gasteiger partial charge in [-0.2, -0.15) is 5.10 Å². The van der Waals surface area contributed by atoms with Crippen LogP contribution in [0.3, 0.4) is 0 Å². The van der Waals surface area contributed by atoms with Gasteiger partial charge in [-0.25, -0.2) is 9.97 Å². The summed E-state index contributed by atoms with van der Waals surface area (Å²) in [6, 6.07) is 1.95. The molecule has 0 spiro atoms. The average Bonchev–Trinajstić information content (AvgIpc) is 2.93. The van der Waals surface area contributed by atoms with Gasteiger partial charge < -0.3 is 0 Å². The first-order valence-corrected chi connectivity index (χ1v) is 6.48. The predicted octanol–water partition coefficient (Wildman–Crippen LogP) is 2.76. The summed E-state index contributed by atoms with van der Waals surface area (Å²) in [5.74, 6) is 0.784. The summed E-state index contributed by atoms with van der Waals surface area (Å²) >= 11 is 6.25. The molecule has 98 valence electrons. The second kappa shape index (κ2) is 4.35. The maximum atomic E-state index is 6.25. The molecule has 1 atom stereocenters. The molecule has 0 aliphatic rings. The van der Waals surface area contributed by atoms with Crippen molar-refractivity contribution in [3.05, 3.63) is 36.0 Å². The minimum Gasteiger partial charge on any atom is -0.276 e. The Kier molecular flexibility index (Phi) is 2.78. The predicted molar refractivity (Wildman–Crippen MR) is 74.6 cm³/mol. The molecular formula is C13H14ClN5. The monoisotopic (exact) mass is 275 g/mol. The lowest BCUT2D eigenvalue weighted by Crippen LogP contribution is -2.01. The van der Waals surface area contributed by atoms with Crippen LogP contribution in [0.5, 0.6) is 0 Å². The Balaban J connectivity index is 2.37. The maximum Gasteiger partial charge on any atom is 0.165 e. The highest BCUT2D eigenvalue weighted by molar-refractivity contribution is 6.20. The number of alkyl halides is 1. The SMILES string of the molecule is Cc1ccnc2c1nc(C(C)Cl)n2-c1cnn(C)c1. The highest BCUT2D eigenvalue weighted by Crippen LogP contribution is 2.27. The molecule has 0 bridgehead atoms. The van der Waals surface area contributed by atoms with Crippen LogP contribution in [0.15, 0.2) is 24.7 Å². The fourth-order valence-corrected chi connectivity index (χ4v) is 2.30. The molecule has 3 heterocycles. The molecule has 0 aromatic carbocycles. The first-order chi connectivity index (χ1) is 9.08. The summed E-state index contributed by atoms with van der Waals surface area (Å²) in [6.07, 6.45) is 5.50. The third-order valence-corrected chi connectivity index (χ3v) is 3.27. The van der Waals surface area contributed by atoms with Gasteiger partial charge in [-0.05, 0) is 25.5 Å². The molecular weight excluding hydrogens is 262 g/mol. The summed E-state index contributed by atoms with van der Waals surface area (Å²) in [5.41, 5.74) is 3.71. The lowest BCUT2D eigenvalue weighted by atomic mass is 10.3. The molecule has 0 aliphatic heterocycles. The Hall–Kier alpha value is -1.88. The van der Waals surface area contributed by atoms with Crippen molar-refractivity contribution in [2.45, 2.75) is 19.2 Å². The van der Waals surface area contributed by atoms with Crippen molar-refractivity contribution in [1.82, 2.24) is 24.3 Å². The zero-order valence-corrected chi connectivity index (χ0v) is 11.8. The van der Waals surface area contributed by atoms with E-state index in [-0.39, 0.29) is 5.38 Å². The maximum absolute atomic E-state index is 6.25. The first kappa shape index (κ1) is 12.2. The van der Waals surface area contributed by atoms with Crippen molar-refractivity contribution in [3.8, 4) is 5.69 Å². The fraction of sp³-hybridized carbons (Fsp3) is 0.308. The van der Waals surface area contributed by atoms with Crippen LogP contribution in [0.2, 0.25) is 0 Å². The normalized spacial score (nSPS) is 13.1. The molecule has 3 aromatic heterocycles. The van der Waals surface area contributed by atoms with Crippen LogP contribution < -0.4 is 0 Å². The molecule has 0 aliphatic carbocycles. The summed E-state index contributed by atoms with van der Waals surface area (Å²) < 4.78 is 3.71. The Labute approximate surface area is 115 Å². The molecule has 3 rings (SSSR count). The third-order valence-electron chi connectivity index (χ3n) is 3.08. The smallest absolute Gasteiger partial charge is 0.165 e. The Bertz CT molecular complexity index is 741. The van der Waals surface area contributed by atoms with Gasteiger partial charge in [-0.1, -0.05) is 0 Å². The van der Waals surface area contributed by atoms with Crippen molar-refractivity contribution < 1.29 is 0 Å². The quantitative estimate of drug-likeness (QED) is 0.676. The summed E-state index contributed by atoms with van der Waals surface area (Å²) in [6.45, 7) is 3.93. The van der Waals surface area contributed by atoms with Crippen molar-refractivity contribution in [2.24, 2.45) is 7.05 Å². The van der Waals surface area contributed by atoms with Crippen LogP contribution in [-0.4, -0.2) is 24.3 Å². The second-order valence-electron chi connectivity index (χ2n) is 4.59. The molecule has 0 amide bonds. The number of fused-ring (bicyclic) bond motifs is 1. The number of aromatic nitrogens is 5. The highest BCUT2D eigenvalue weighted by atomic mass is 35.5. The van der Waals surface area contributed by atoms with E-state index in [4.69, 9.17) is 11.6 Å². The average molecular weight is 276 g/mol. The van der Waals surface area contributed by atoms with Crippen molar-refractivity contribution in [2.75, 3.05) is 0 Å². The van der Waals surface area contributed by atoms with E-state index in [1.807, 2.05) is 37.7 Å². The van der Waals surface area contributed by atoms with Gasteiger partial charge in [0.05, 0.1) is 17.3 Å². The molecule has 0 fully saturated rings. The van der Waals surface area contributed by atoms with E-state index in [2.05, 4.69) is 15.1 Å². The zero-order valence-electron chi connectivity index (χ0n) is 11.0. The van der Waals surface area contributed by atoms with E-state index in [0.717, 1.165) is 28.2 Å². The fourth-order valence-electron chi connectivity index (χ4n) is 2.16. The Morgan fingerprint density at radius 2 is 2.16 bits per heavy atom. The molecule has 0 saturated heterocycles. The molecule has 3 aromatic rings. The van der Waals surface area contributed by atoms with E-state index in [1.54, 1.807) is 17.1 Å². The van der Waals surface area contributed by atoms with E-state index in [9.17, 15) is 0 Å². The topological polar surface area (TPSA) is 48.5 Å². The highest BCUT2D eigenvalue weighted by Gasteiger charge is 2.19. The Morgan fingerprint density at radius 1 is 1.37 bits per heavy atom. The largest absolute Gasteiger partial charge is 0.276 e. The molecule has 6 heteroatoms. The van der Waals surface area contributed by atoms with Gasteiger partial charge in [0.2, 0.25) is 0 Å². The van der Waals surface area contributed by atoms with Gasteiger partial charge >= 0.3 is 0 Å². The Morgan fingerprint density at radius 3 is 2.79 bits per heavy atom. The molecule has 0 saturated carbocycles. The molecule has 0 radical (unpaired) electrons. The van der Waals surface area contributed by atoms with Crippen molar-refractivity contribution in [1.29, 1.82) is 0 Å². The number of nitrogens with zero attached hydrogens (tertiary/aromatic N) is 5. The van der Waals surface area contributed by atoms with E-state index >= 15 is 0 Å². The molecule has 5 nitrogen and oxygen atoms in total. The summed E-state index contributed by atoms with van der Waals surface area (Å²) in [5, 5.41) is 4.00. The van der Waals surface area contributed by atoms with Crippen LogP contribution >= 0.6 is 11.6 Å². The lowest BCUT2D eigenvalue weighted by molar-refractivity contribution is 0.766. The van der Waals surface area contributed by atoms with Gasteiger partial charge in [0, 0.05) is 19.4 Å². The van der Waals surface area contributed by atoms with Gasteiger partial charge in [0.15, 0.2) is 5.65 Å². The second-order valence-corrected chi connectivity index (χ2v) is 5.25. The lowest BCUT2D eigenvalue weighted by Gasteiger charge is -2.06. The minimum atomic E-state index is -0.200. The summed E-state index contributed by atoms with van der Waals surface area (Å²) in [7, 11) is 1.88. The molecule has 0 N–H and O–H groups in total. The van der Waals surface area contributed by atoms with Crippen LogP contribution in [0.1, 0.15) is 23.7 Å². The van der Waals surface area contributed by atoms with Gasteiger partial charge in [0.25, 0.3) is 0 Å². The van der Waals surface area contributed by atoms with Gasteiger partial charge in [-0.15, -0.1) is 11.6 Å². The third kappa shape index (κ3) is 1.90. The number of imidazole rings is 1. The van der Waals surface area contributed by atoms with Gasteiger partial charge in [-0.3, -0.25) is 9.25 Å². The number of hydrogen-bond acceptors (Lipinski definition) is 3. The van der Waals surface area contributed by atoms with E-state index in [1.165, 1.54) is 0 Å². The van der Waals surface area contributed by atoms with Crippen LogP contribution in [0.4, 0.5) is 0 Å². The van der Waals surface area contributed by atoms with Crippen molar-refractivity contribution in [3.63, 3.8) is 0 Å². The van der Waals surface area contributed by atoms with Gasteiger partial charge in [0.1, 0.15) is 11.3 Å². The van der Waals surface area contributed by atoms with E-state index in [0.29, 0.717) is 0 Å². The number of halogens is 1. The van der Waals surface area contributed by atoms with Crippen molar-refractivity contribution >= 4 is 22.8 Å². The molecule has 19 heavy (non-hydrogen) atoms. The number of aryl methyl sites for hydroxylation is 2. The standard InChI is InChI=1S/C13H14ClN5/c1-8-4-5-15-13-11(8)17-12(9(2)14)19(13)10-6-16-18(3)7-10/h4-7,9H,1-3H3. The zero-order chi connectivity index (χ0) is 13.6. The minimum absolute atomic E-state index is 0.200. The molecule has 1 unspecified atom stereocenters. The van der Waals surface area contributed by atoms with E-state index < -0.39 is 0 Å². The summed E-state index contributed by atoms with van der Waals surface area (Å²) in [4.78, 5) is 9.06. The number of pyridine rings is 1. The van der Waals surface area contributed by atoms with Crippen LogP contribution in [-0.2, 0) is 7.05 Å². The number of hydrogen-bond donors (Lipinski definition) is 0.